The summed E-state index contributed by atoms with van der Waals surface area (Å²) in [6, 6.07) is 3.82. The van der Waals surface area contributed by atoms with Crippen molar-refractivity contribution in [1.29, 1.82) is 0 Å². The van der Waals surface area contributed by atoms with E-state index in [1.807, 2.05) is 0 Å². The summed E-state index contributed by atoms with van der Waals surface area (Å²) in [5.41, 5.74) is 0.0214. The number of ether oxygens (including phenoxy) is 2. The molecule has 3 aromatic rings. The second kappa shape index (κ2) is 12.6. The first-order valence-corrected chi connectivity index (χ1v) is 12.5. The number of nitrogens with one attached hydrogen (secondary N) is 2. The monoisotopic (exact) mass is 607 g/mol. The third kappa shape index (κ3) is 7.14. The number of alkyl halides is 3. The van der Waals surface area contributed by atoms with Gasteiger partial charge in [-0.25, -0.2) is 4.98 Å². The van der Waals surface area contributed by atoms with Gasteiger partial charge in [0.05, 0.1) is 36.1 Å². The van der Waals surface area contributed by atoms with E-state index in [0.717, 1.165) is 6.07 Å². The maximum absolute atomic E-state index is 12.3. The number of aliphatic hydroxyl groups excluding tert-OH is 2. The van der Waals surface area contributed by atoms with Gasteiger partial charge in [-0.15, -0.1) is 0 Å². The zero-order valence-corrected chi connectivity index (χ0v) is 22.5. The summed E-state index contributed by atoms with van der Waals surface area (Å²) in [6.07, 6.45) is -7.18. The number of imidazole rings is 1. The third-order valence-electron chi connectivity index (χ3n) is 6.15. The molecule has 0 aliphatic carbocycles. The highest BCUT2D eigenvalue weighted by Gasteiger charge is 2.38. The Hall–Kier alpha value is -4.86. The van der Waals surface area contributed by atoms with Gasteiger partial charge in [-0.2, -0.15) is 23.1 Å². The lowest BCUT2D eigenvalue weighted by Crippen LogP contribution is -2.36. The number of hydrogen-bond acceptors (Lipinski definition) is 11. The number of nitro benzene ring substituents is 1. The SMILES string of the molecule is CC(=O)Nc1nc(OC(C)c2ccc(C#CCNC(=O)C(F)(F)F)cc2[N+](=O)[O-])c2ncn([C@H]3C[C@H](O)[C@@H](CO)O3)c2n1. The van der Waals surface area contributed by atoms with E-state index in [2.05, 4.69) is 32.1 Å². The largest absolute Gasteiger partial charge is 0.471 e. The Bertz CT molecular complexity index is 1620. The van der Waals surface area contributed by atoms with Gasteiger partial charge in [-0.3, -0.25) is 29.6 Å². The number of rotatable bonds is 8. The summed E-state index contributed by atoms with van der Waals surface area (Å²) < 4.78 is 50.0. The van der Waals surface area contributed by atoms with E-state index in [0.29, 0.717) is 0 Å². The first-order valence-electron chi connectivity index (χ1n) is 12.5. The molecule has 1 fully saturated rings. The number of benzene rings is 1. The number of aliphatic hydroxyl groups is 2. The molecule has 1 saturated heterocycles. The van der Waals surface area contributed by atoms with Crippen LogP contribution in [0.2, 0.25) is 0 Å². The smallest absolute Gasteiger partial charge is 0.468 e. The first kappa shape index (κ1) is 31.1. The minimum atomic E-state index is -5.07. The first-order chi connectivity index (χ1) is 20.3. The molecule has 18 heteroatoms. The van der Waals surface area contributed by atoms with Gasteiger partial charge in [-0.1, -0.05) is 11.8 Å². The Morgan fingerprint density at radius 1 is 1.35 bits per heavy atom. The Labute approximate surface area is 240 Å². The fraction of sp³-hybridized carbons (Fsp3) is 0.400. The minimum absolute atomic E-state index is 0.0845. The van der Waals surface area contributed by atoms with Crippen molar-refractivity contribution < 1.29 is 47.4 Å². The Kier molecular flexibility index (Phi) is 9.08. The van der Waals surface area contributed by atoms with Gasteiger partial charge in [0.2, 0.25) is 17.7 Å². The molecule has 4 atom stereocenters. The normalized spacial score (nSPS) is 18.9. The third-order valence-corrected chi connectivity index (χ3v) is 6.15. The second-order valence-corrected chi connectivity index (χ2v) is 9.25. The van der Waals surface area contributed by atoms with Crippen LogP contribution in [0.3, 0.4) is 0 Å². The number of aromatic nitrogens is 4. The molecule has 2 aromatic heterocycles. The molecule has 1 aliphatic rings. The van der Waals surface area contributed by atoms with Crippen molar-refractivity contribution in [3.63, 3.8) is 0 Å². The molecule has 0 bridgehead atoms. The summed E-state index contributed by atoms with van der Waals surface area (Å²) >= 11 is 0. The number of halogens is 3. The van der Waals surface area contributed by atoms with Gasteiger partial charge in [0.15, 0.2) is 11.2 Å². The number of anilines is 1. The molecular weight excluding hydrogens is 583 g/mol. The van der Waals surface area contributed by atoms with Crippen LogP contribution >= 0.6 is 0 Å². The van der Waals surface area contributed by atoms with Crippen LogP contribution in [0.25, 0.3) is 11.2 Å². The molecule has 1 aliphatic heterocycles. The van der Waals surface area contributed by atoms with E-state index < -0.39 is 66.3 Å². The maximum atomic E-state index is 12.3. The van der Waals surface area contributed by atoms with Crippen LogP contribution in [0, 0.1) is 22.0 Å². The molecule has 4 N–H and O–H groups in total. The number of nitrogens with zero attached hydrogens (tertiary/aromatic N) is 5. The summed E-state index contributed by atoms with van der Waals surface area (Å²) in [5.74, 6) is 1.78. The topological polar surface area (TPSA) is 204 Å². The zero-order chi connectivity index (χ0) is 31.5. The van der Waals surface area contributed by atoms with Gasteiger partial charge in [0, 0.05) is 25.0 Å². The van der Waals surface area contributed by atoms with Crippen molar-refractivity contribution in [2.75, 3.05) is 18.5 Å². The number of nitro groups is 1. The quantitative estimate of drug-likeness (QED) is 0.164. The molecule has 3 heterocycles. The Balaban J connectivity index is 1.62. The fourth-order valence-electron chi connectivity index (χ4n) is 4.17. The molecule has 0 radical (unpaired) electrons. The van der Waals surface area contributed by atoms with Crippen LogP contribution in [0.4, 0.5) is 24.8 Å². The lowest BCUT2D eigenvalue weighted by Gasteiger charge is -2.17. The van der Waals surface area contributed by atoms with Gasteiger partial charge in [0.25, 0.3) is 5.69 Å². The highest BCUT2D eigenvalue weighted by atomic mass is 19.4. The van der Waals surface area contributed by atoms with E-state index >= 15 is 0 Å². The molecule has 1 unspecified atom stereocenters. The summed E-state index contributed by atoms with van der Waals surface area (Å²) in [7, 11) is 0. The number of fused-ring (bicyclic) bond motifs is 1. The van der Waals surface area contributed by atoms with Crippen LogP contribution < -0.4 is 15.4 Å². The van der Waals surface area contributed by atoms with Crippen molar-refractivity contribution in [2.45, 2.75) is 51.0 Å². The van der Waals surface area contributed by atoms with Crippen molar-refractivity contribution in [3.05, 3.63) is 45.8 Å². The van der Waals surface area contributed by atoms with Crippen molar-refractivity contribution in [1.82, 2.24) is 24.8 Å². The number of hydrogen-bond donors (Lipinski definition) is 4. The standard InChI is InChI=1S/C25H24F3N7O8/c1-12(15-6-5-14(8-16(15)35(40)41)4-3-7-29-23(39)25(26,27)28)42-22-20-21(32-24(33-22)31-13(2)37)34(11-30-20)19-9-17(38)18(10-36)43-19/h5-6,8,11-12,17-19,36,38H,7,9-10H2,1-2H3,(H,29,39)(H,31,32,33,37)/t12?,17-,18+,19+/m0/s1. The molecule has 0 saturated carbocycles. The molecule has 2 amide bonds. The summed E-state index contributed by atoms with van der Waals surface area (Å²) in [6.45, 7) is 1.67. The summed E-state index contributed by atoms with van der Waals surface area (Å²) in [5, 5.41) is 35.4. The Morgan fingerprint density at radius 2 is 2.09 bits per heavy atom. The molecule has 228 valence electrons. The second-order valence-electron chi connectivity index (χ2n) is 9.25. The lowest BCUT2D eigenvalue weighted by molar-refractivity contribution is -0.386. The van der Waals surface area contributed by atoms with Crippen LogP contribution in [-0.2, 0) is 14.3 Å². The molecule has 1 aromatic carbocycles. The van der Waals surface area contributed by atoms with Crippen molar-refractivity contribution in [2.24, 2.45) is 0 Å². The predicted molar refractivity (Wildman–Crippen MR) is 139 cm³/mol. The van der Waals surface area contributed by atoms with Crippen LogP contribution in [0.15, 0.2) is 24.5 Å². The molecule has 43 heavy (non-hydrogen) atoms. The van der Waals surface area contributed by atoms with E-state index in [1.54, 1.807) is 5.32 Å². The average Bonchev–Trinajstić information content (AvgIpc) is 3.52. The van der Waals surface area contributed by atoms with Crippen LogP contribution in [0.5, 0.6) is 5.88 Å². The van der Waals surface area contributed by atoms with Gasteiger partial charge in [0.1, 0.15) is 18.4 Å². The predicted octanol–water partition coefficient (Wildman–Crippen LogP) is 1.50. The van der Waals surface area contributed by atoms with Gasteiger partial charge in [-0.05, 0) is 19.1 Å². The number of carbonyl (C=O) groups excluding carboxylic acids is 2. The highest BCUT2D eigenvalue weighted by molar-refractivity contribution is 5.88. The zero-order valence-electron chi connectivity index (χ0n) is 22.5. The molecular formula is C25H24F3N7O8. The van der Waals surface area contributed by atoms with E-state index in [4.69, 9.17) is 9.47 Å². The van der Waals surface area contributed by atoms with E-state index in [-0.39, 0.29) is 40.5 Å². The lowest BCUT2D eigenvalue weighted by atomic mass is 10.1. The van der Waals surface area contributed by atoms with Gasteiger partial charge < -0.3 is 25.0 Å². The molecule has 4 rings (SSSR count). The van der Waals surface area contributed by atoms with Crippen molar-refractivity contribution >= 4 is 34.6 Å². The summed E-state index contributed by atoms with van der Waals surface area (Å²) in [4.78, 5) is 46.5. The van der Waals surface area contributed by atoms with Crippen LogP contribution in [0.1, 0.15) is 43.7 Å². The fourth-order valence-corrected chi connectivity index (χ4v) is 4.17. The van der Waals surface area contributed by atoms with E-state index in [9.17, 15) is 43.1 Å². The highest BCUT2D eigenvalue weighted by Crippen LogP contribution is 2.35. The van der Waals surface area contributed by atoms with E-state index in [1.165, 1.54) is 36.9 Å². The average molecular weight is 608 g/mol. The van der Waals surface area contributed by atoms with Gasteiger partial charge >= 0.3 is 12.1 Å². The Morgan fingerprint density at radius 3 is 2.72 bits per heavy atom. The number of carbonyl (C=O) groups is 2. The molecule has 15 nitrogen and oxygen atoms in total. The number of amides is 2. The van der Waals surface area contributed by atoms with Crippen molar-refractivity contribution in [3.8, 4) is 17.7 Å². The van der Waals surface area contributed by atoms with Crippen LogP contribution in [-0.4, -0.2) is 78.0 Å². The minimum Gasteiger partial charge on any atom is -0.468 e. The molecule has 0 spiro atoms. The maximum Gasteiger partial charge on any atom is 0.471 e.